The second-order valence-corrected chi connectivity index (χ2v) is 1.34. The summed E-state index contributed by atoms with van der Waals surface area (Å²) >= 11 is 0. The number of rotatable bonds is 0. The van der Waals surface area contributed by atoms with Crippen LogP contribution >= 0.6 is 0 Å². The van der Waals surface area contributed by atoms with E-state index in [0.29, 0.717) is 0 Å². The van der Waals surface area contributed by atoms with Crippen molar-refractivity contribution in [2.45, 2.75) is 0 Å². The van der Waals surface area contributed by atoms with Crippen LogP contribution in [0.3, 0.4) is 0 Å². The maximum absolute atomic E-state index is 2.00. The molecule has 2 heteroatoms. The van der Waals surface area contributed by atoms with Crippen LogP contribution in [0.5, 0.6) is 0 Å². The van der Waals surface area contributed by atoms with Gasteiger partial charge in [0.2, 0.25) is 0 Å². The number of hydrogen-bond acceptors (Lipinski definition) is 1. The van der Waals surface area contributed by atoms with Crippen LogP contribution in [0.4, 0.5) is 0 Å². The molecule has 5 heavy (non-hydrogen) atoms. The van der Waals surface area contributed by atoms with Crippen molar-refractivity contribution in [3.63, 3.8) is 0 Å². The Hall–Kier alpha value is 0.750. The summed E-state index contributed by atoms with van der Waals surface area (Å²) in [6.07, 6.45) is 0. The van der Waals surface area contributed by atoms with Gasteiger partial charge in [0.1, 0.15) is 0 Å². The quantitative estimate of drug-likeness (QED) is 0.453. The van der Waals surface area contributed by atoms with E-state index in [4.69, 9.17) is 0 Å². The molecule has 0 rings (SSSR count). The molecule has 0 unspecified atom stereocenters. The van der Waals surface area contributed by atoms with E-state index in [-0.39, 0.29) is 23.7 Å². The average molecular weight is 189 g/mol. The van der Waals surface area contributed by atoms with Gasteiger partial charge in [0.15, 0.2) is 0 Å². The van der Waals surface area contributed by atoms with Gasteiger partial charge in [-0.2, -0.15) is 0 Å². The van der Waals surface area contributed by atoms with Crippen molar-refractivity contribution in [2.75, 3.05) is 21.1 Å². The molecule has 0 fully saturated rings. The molecule has 0 saturated heterocycles. The summed E-state index contributed by atoms with van der Waals surface area (Å²) in [7, 11) is 6.00. The van der Waals surface area contributed by atoms with Crippen molar-refractivity contribution in [1.29, 1.82) is 0 Å². The molecule has 0 bridgehead atoms. The Morgan fingerprint density at radius 1 is 1.00 bits per heavy atom. The van der Waals surface area contributed by atoms with Gasteiger partial charge in [-0.15, -0.1) is 0 Å². The third-order valence-electron chi connectivity index (χ3n) is 0. The summed E-state index contributed by atoms with van der Waals surface area (Å²) in [6.45, 7) is 0. The number of hydrogen-bond donors (Lipinski definition) is 0. The second kappa shape index (κ2) is 4.75. The Balaban J connectivity index is 0. The third-order valence-corrected chi connectivity index (χ3v) is 0. The molecule has 0 radical (unpaired) electrons. The van der Waals surface area contributed by atoms with Gasteiger partial charge < -0.3 is 4.90 Å². The Morgan fingerprint density at radius 2 is 1.00 bits per heavy atom. The van der Waals surface area contributed by atoms with Crippen molar-refractivity contribution in [1.82, 2.24) is 4.90 Å². The minimum atomic E-state index is 0. The van der Waals surface area contributed by atoms with E-state index in [9.17, 15) is 0 Å². The first kappa shape index (κ1) is 9.23. The topological polar surface area (TPSA) is 3.24 Å². The predicted octanol–water partition coefficient (Wildman–Crippen LogP) is -0.738. The fourth-order valence-corrected chi connectivity index (χ4v) is 0. The molecule has 0 aromatic heterocycles. The van der Waals surface area contributed by atoms with Crippen molar-refractivity contribution in [3.8, 4) is 0 Å². The van der Waals surface area contributed by atoms with Crippen molar-refractivity contribution in [2.24, 2.45) is 0 Å². The van der Waals surface area contributed by atoms with E-state index in [0.717, 1.165) is 0 Å². The van der Waals surface area contributed by atoms with E-state index in [2.05, 4.69) is 0 Å². The molecular formula is C3H11NTe. The van der Waals surface area contributed by atoms with Gasteiger partial charge >= 0.3 is 23.7 Å². The Bertz CT molecular complexity index is 11.6. The summed E-state index contributed by atoms with van der Waals surface area (Å²) in [6, 6.07) is 0. The Morgan fingerprint density at radius 3 is 1.00 bits per heavy atom. The van der Waals surface area contributed by atoms with E-state index in [1.165, 1.54) is 0 Å². The zero-order chi connectivity index (χ0) is 3.58. The standard InChI is InChI=1S/C3H9N.H2Te/c1-4(2)3;/h1-3H3;1H2. The van der Waals surface area contributed by atoms with Gasteiger partial charge in [0, 0.05) is 0 Å². The Kier molecular flexibility index (Phi) is 8.76. The van der Waals surface area contributed by atoms with Crippen molar-refractivity contribution in [3.05, 3.63) is 0 Å². The molecule has 1 nitrogen and oxygen atoms in total. The molecule has 0 spiro atoms. The SMILES string of the molecule is CN(C)C.[TeH2]. The van der Waals surface area contributed by atoms with Crippen molar-refractivity contribution < 1.29 is 0 Å². The molecular weight excluding hydrogens is 178 g/mol. The summed E-state index contributed by atoms with van der Waals surface area (Å²) in [5, 5.41) is 0. The van der Waals surface area contributed by atoms with E-state index in [1.54, 1.807) is 0 Å². The molecule has 0 aliphatic heterocycles. The van der Waals surface area contributed by atoms with Crippen LogP contribution in [0.15, 0.2) is 0 Å². The fourth-order valence-electron chi connectivity index (χ4n) is 0. The van der Waals surface area contributed by atoms with E-state index < -0.39 is 0 Å². The van der Waals surface area contributed by atoms with Gasteiger partial charge in [0.05, 0.1) is 0 Å². The van der Waals surface area contributed by atoms with Crippen molar-refractivity contribution >= 4 is 23.7 Å². The average Bonchev–Trinajstić information content (AvgIpc) is 0.811. The van der Waals surface area contributed by atoms with Crippen LogP contribution in [-0.4, -0.2) is 49.7 Å². The normalized spacial score (nSPS) is 7.20. The van der Waals surface area contributed by atoms with Gasteiger partial charge in [-0.3, -0.25) is 0 Å². The second-order valence-electron chi connectivity index (χ2n) is 1.34. The van der Waals surface area contributed by atoms with Gasteiger partial charge in [-0.05, 0) is 21.1 Å². The molecule has 0 amide bonds. The van der Waals surface area contributed by atoms with Crippen LogP contribution in [-0.2, 0) is 0 Å². The first-order valence-corrected chi connectivity index (χ1v) is 1.34. The molecule has 0 N–H and O–H groups in total. The van der Waals surface area contributed by atoms with E-state index >= 15 is 0 Å². The third kappa shape index (κ3) is 63.9. The van der Waals surface area contributed by atoms with Gasteiger partial charge in [0.25, 0.3) is 0 Å². The summed E-state index contributed by atoms with van der Waals surface area (Å²) < 4.78 is 0. The minimum absolute atomic E-state index is 0. The van der Waals surface area contributed by atoms with Gasteiger partial charge in [-0.1, -0.05) is 0 Å². The van der Waals surface area contributed by atoms with Gasteiger partial charge in [-0.25, -0.2) is 0 Å². The van der Waals surface area contributed by atoms with Crippen LogP contribution in [0, 0.1) is 0 Å². The fraction of sp³-hybridized carbons (Fsp3) is 1.00. The zero-order valence-corrected chi connectivity index (χ0v) is 6.80. The van der Waals surface area contributed by atoms with Crippen LogP contribution in [0.2, 0.25) is 0 Å². The van der Waals surface area contributed by atoms with Crippen LogP contribution in [0.25, 0.3) is 0 Å². The zero-order valence-electron chi connectivity index (χ0n) is 3.95. The summed E-state index contributed by atoms with van der Waals surface area (Å²) in [5.74, 6) is 0. The van der Waals surface area contributed by atoms with E-state index in [1.807, 2.05) is 26.0 Å². The molecule has 0 aromatic rings. The molecule has 0 heterocycles. The predicted molar refractivity (Wildman–Crippen MR) is 28.2 cm³/mol. The molecule has 0 atom stereocenters. The molecule has 0 aliphatic rings. The summed E-state index contributed by atoms with van der Waals surface area (Å²) in [4.78, 5) is 2.00. The number of nitrogens with zero attached hydrogens (tertiary/aromatic N) is 1. The molecule has 0 aliphatic carbocycles. The first-order chi connectivity index (χ1) is 1.73. The molecule has 0 aromatic carbocycles. The maximum atomic E-state index is 2.00. The van der Waals surface area contributed by atoms with Crippen LogP contribution < -0.4 is 0 Å². The Labute approximate surface area is 50.1 Å². The molecule has 34 valence electrons. The molecule has 0 saturated carbocycles. The van der Waals surface area contributed by atoms with Crippen LogP contribution in [0.1, 0.15) is 0 Å². The summed E-state index contributed by atoms with van der Waals surface area (Å²) in [5.41, 5.74) is 0. The first-order valence-electron chi connectivity index (χ1n) is 1.34. The monoisotopic (exact) mass is 191 g/mol.